The third kappa shape index (κ3) is 3.99. The van der Waals surface area contributed by atoms with Gasteiger partial charge >= 0.3 is 0 Å². The molecule has 28 heavy (non-hydrogen) atoms. The lowest BCUT2D eigenvalue weighted by Crippen LogP contribution is -2.36. The normalized spacial score (nSPS) is 19.7. The van der Waals surface area contributed by atoms with Crippen molar-refractivity contribution in [3.63, 3.8) is 0 Å². The van der Waals surface area contributed by atoms with Crippen LogP contribution in [0.5, 0.6) is 0 Å². The van der Waals surface area contributed by atoms with Crippen molar-refractivity contribution in [2.45, 2.75) is 32.2 Å². The summed E-state index contributed by atoms with van der Waals surface area (Å²) in [6, 6.07) is 11.0. The van der Waals surface area contributed by atoms with Crippen LogP contribution < -0.4 is 5.32 Å². The van der Waals surface area contributed by atoms with Crippen LogP contribution in [0.4, 0.5) is 5.69 Å². The summed E-state index contributed by atoms with van der Waals surface area (Å²) in [5, 5.41) is 8.99. The quantitative estimate of drug-likeness (QED) is 0.865. The predicted molar refractivity (Wildman–Crippen MR) is 106 cm³/mol. The molecule has 4 rings (SSSR count). The number of amides is 2. The molecule has 1 saturated heterocycles. The fraction of sp³-hybridized carbons (Fsp3) is 0.381. The largest absolute Gasteiger partial charge is 0.467 e. The summed E-state index contributed by atoms with van der Waals surface area (Å²) in [6.45, 7) is 3.79. The second-order valence-electron chi connectivity index (χ2n) is 7.26. The number of hydrazone groups is 1. The number of likely N-dealkylation sites (tertiary alicyclic amines) is 1. The fourth-order valence-electron chi connectivity index (χ4n) is 3.77. The SMILES string of the molecule is CC(=O)Nc1ccc(C2=NN(C(=O)CN3CCCC3)C(c3ccco3)C2)cc1. The van der Waals surface area contributed by atoms with Crippen LogP contribution >= 0.6 is 0 Å². The van der Waals surface area contributed by atoms with E-state index >= 15 is 0 Å². The van der Waals surface area contributed by atoms with Crippen molar-refractivity contribution in [2.24, 2.45) is 5.10 Å². The molecule has 1 aromatic carbocycles. The highest BCUT2D eigenvalue weighted by Crippen LogP contribution is 2.33. The van der Waals surface area contributed by atoms with E-state index in [1.165, 1.54) is 6.92 Å². The van der Waals surface area contributed by atoms with Crippen molar-refractivity contribution in [3.8, 4) is 0 Å². The second kappa shape index (κ2) is 7.98. The number of nitrogens with zero attached hydrogens (tertiary/aromatic N) is 3. The average Bonchev–Trinajstić information content (AvgIpc) is 3.42. The van der Waals surface area contributed by atoms with Gasteiger partial charge in [0.2, 0.25) is 5.91 Å². The van der Waals surface area contributed by atoms with Crippen molar-refractivity contribution < 1.29 is 14.0 Å². The smallest absolute Gasteiger partial charge is 0.257 e. The molecule has 1 atom stereocenters. The second-order valence-corrected chi connectivity index (χ2v) is 7.26. The lowest BCUT2D eigenvalue weighted by atomic mass is 10.0. The van der Waals surface area contributed by atoms with Gasteiger partial charge in [0.05, 0.1) is 18.5 Å². The van der Waals surface area contributed by atoms with Gasteiger partial charge < -0.3 is 9.73 Å². The van der Waals surface area contributed by atoms with Gasteiger partial charge in [-0.25, -0.2) is 5.01 Å². The first-order valence-corrected chi connectivity index (χ1v) is 9.63. The molecule has 7 nitrogen and oxygen atoms in total. The number of anilines is 1. The molecule has 1 unspecified atom stereocenters. The Balaban J connectivity index is 1.55. The molecule has 7 heteroatoms. The van der Waals surface area contributed by atoms with Crippen molar-refractivity contribution in [2.75, 3.05) is 25.0 Å². The number of nitrogens with one attached hydrogen (secondary N) is 1. The van der Waals surface area contributed by atoms with E-state index in [0.717, 1.165) is 48.7 Å². The van der Waals surface area contributed by atoms with Gasteiger partial charge in [-0.1, -0.05) is 12.1 Å². The van der Waals surface area contributed by atoms with E-state index in [9.17, 15) is 9.59 Å². The summed E-state index contributed by atoms with van der Waals surface area (Å²) in [6.07, 6.45) is 4.51. The molecular formula is C21H24N4O3. The Labute approximate surface area is 164 Å². The zero-order valence-electron chi connectivity index (χ0n) is 15.9. The van der Waals surface area contributed by atoms with Crippen LogP contribution in [0.1, 0.15) is 43.6 Å². The average molecular weight is 380 g/mol. The first-order valence-electron chi connectivity index (χ1n) is 9.63. The molecule has 146 valence electrons. The molecule has 3 heterocycles. The fourth-order valence-corrected chi connectivity index (χ4v) is 3.77. The summed E-state index contributed by atoms with van der Waals surface area (Å²) in [5.41, 5.74) is 2.51. The van der Waals surface area contributed by atoms with Crippen LogP contribution in [-0.4, -0.2) is 47.1 Å². The van der Waals surface area contributed by atoms with Gasteiger partial charge in [-0.15, -0.1) is 0 Å². The summed E-state index contributed by atoms with van der Waals surface area (Å²) in [5.74, 6) is 0.624. The molecule has 2 amide bonds. The maximum Gasteiger partial charge on any atom is 0.257 e. The number of carbonyl (C=O) groups excluding carboxylic acids is 2. The molecule has 2 aliphatic rings. The third-order valence-electron chi connectivity index (χ3n) is 5.13. The highest BCUT2D eigenvalue weighted by Gasteiger charge is 2.35. The van der Waals surface area contributed by atoms with Crippen LogP contribution in [0, 0.1) is 0 Å². The molecule has 0 spiro atoms. The number of benzene rings is 1. The van der Waals surface area contributed by atoms with Crippen molar-refractivity contribution in [1.29, 1.82) is 0 Å². The minimum atomic E-state index is -0.227. The lowest BCUT2D eigenvalue weighted by Gasteiger charge is -2.22. The maximum atomic E-state index is 12.9. The molecule has 1 aromatic heterocycles. The number of carbonyl (C=O) groups is 2. The van der Waals surface area contributed by atoms with Crippen LogP contribution in [-0.2, 0) is 9.59 Å². The number of furan rings is 1. The monoisotopic (exact) mass is 380 g/mol. The Morgan fingerprint density at radius 2 is 1.93 bits per heavy atom. The first kappa shape index (κ1) is 18.4. The molecule has 0 bridgehead atoms. The molecule has 2 aliphatic heterocycles. The van der Waals surface area contributed by atoms with Gasteiger partial charge in [0, 0.05) is 19.0 Å². The van der Waals surface area contributed by atoms with Gasteiger partial charge in [-0.2, -0.15) is 5.10 Å². The zero-order valence-corrected chi connectivity index (χ0v) is 15.9. The number of rotatable bonds is 5. The van der Waals surface area contributed by atoms with E-state index in [0.29, 0.717) is 13.0 Å². The third-order valence-corrected chi connectivity index (χ3v) is 5.13. The summed E-state index contributed by atoms with van der Waals surface area (Å²) in [4.78, 5) is 26.3. The maximum absolute atomic E-state index is 12.9. The van der Waals surface area contributed by atoms with Crippen molar-refractivity contribution in [3.05, 3.63) is 54.0 Å². The minimum Gasteiger partial charge on any atom is -0.467 e. The van der Waals surface area contributed by atoms with E-state index in [1.807, 2.05) is 36.4 Å². The van der Waals surface area contributed by atoms with E-state index < -0.39 is 0 Å². The molecule has 0 saturated carbocycles. The molecule has 1 N–H and O–H groups in total. The molecular weight excluding hydrogens is 356 g/mol. The van der Waals surface area contributed by atoms with E-state index in [2.05, 4.69) is 15.3 Å². The van der Waals surface area contributed by atoms with Crippen LogP contribution in [0.15, 0.2) is 52.2 Å². The Hall–Kier alpha value is -2.93. The molecule has 1 fully saturated rings. The van der Waals surface area contributed by atoms with Crippen LogP contribution in [0.3, 0.4) is 0 Å². The zero-order chi connectivity index (χ0) is 19.5. The van der Waals surface area contributed by atoms with Gasteiger partial charge in [0.15, 0.2) is 0 Å². The summed E-state index contributed by atoms with van der Waals surface area (Å²) in [7, 11) is 0. The topological polar surface area (TPSA) is 78.2 Å². The number of hydrogen-bond donors (Lipinski definition) is 1. The Morgan fingerprint density at radius 1 is 1.18 bits per heavy atom. The Bertz CT molecular complexity index is 868. The Morgan fingerprint density at radius 3 is 2.57 bits per heavy atom. The Kier molecular flexibility index (Phi) is 5.25. The van der Waals surface area contributed by atoms with Crippen LogP contribution in [0.2, 0.25) is 0 Å². The highest BCUT2D eigenvalue weighted by molar-refractivity contribution is 6.03. The standard InChI is InChI=1S/C21H24N4O3/c1-15(26)22-17-8-6-16(7-9-17)18-13-19(20-5-4-12-28-20)25(23-18)21(27)14-24-10-2-3-11-24/h4-9,12,19H,2-3,10-11,13-14H2,1H3,(H,22,26). The van der Waals surface area contributed by atoms with Crippen molar-refractivity contribution in [1.82, 2.24) is 9.91 Å². The van der Waals surface area contributed by atoms with Crippen molar-refractivity contribution >= 4 is 23.2 Å². The van der Waals surface area contributed by atoms with Gasteiger partial charge in [-0.05, 0) is 55.8 Å². The van der Waals surface area contributed by atoms with Gasteiger partial charge in [0.25, 0.3) is 5.91 Å². The summed E-state index contributed by atoms with van der Waals surface area (Å²) < 4.78 is 5.59. The number of hydrogen-bond acceptors (Lipinski definition) is 5. The van der Waals surface area contributed by atoms with Gasteiger partial charge in [0.1, 0.15) is 11.8 Å². The van der Waals surface area contributed by atoms with E-state index in [-0.39, 0.29) is 17.9 Å². The van der Waals surface area contributed by atoms with Crippen LogP contribution in [0.25, 0.3) is 0 Å². The molecule has 2 aromatic rings. The predicted octanol–water partition coefficient (Wildman–Crippen LogP) is 3.01. The minimum absolute atomic E-state index is 0.00633. The molecule has 0 aliphatic carbocycles. The van der Waals surface area contributed by atoms with Gasteiger partial charge in [-0.3, -0.25) is 14.5 Å². The van der Waals surface area contributed by atoms with E-state index in [1.54, 1.807) is 11.3 Å². The van der Waals surface area contributed by atoms with E-state index in [4.69, 9.17) is 4.42 Å². The lowest BCUT2D eigenvalue weighted by molar-refractivity contribution is -0.134. The first-order chi connectivity index (χ1) is 13.6. The summed E-state index contributed by atoms with van der Waals surface area (Å²) >= 11 is 0. The highest BCUT2D eigenvalue weighted by atomic mass is 16.3. The molecule has 0 radical (unpaired) electrons.